The summed E-state index contributed by atoms with van der Waals surface area (Å²) >= 11 is 0. The SMILES string of the molecule is CC(=O)N1CCC(C(=O)N2CC[C@@H]3NC(=O)[C@H]4C[C@H](NC(=O)C5CCC5)CN4C(=O)[C@H]32)CC1. The fourth-order valence-electron chi connectivity index (χ4n) is 6.04. The van der Waals surface area contributed by atoms with Gasteiger partial charge in [0.05, 0.1) is 6.04 Å². The van der Waals surface area contributed by atoms with Gasteiger partial charge in [-0.1, -0.05) is 6.42 Å². The van der Waals surface area contributed by atoms with E-state index >= 15 is 0 Å². The highest BCUT2D eigenvalue weighted by atomic mass is 16.2. The zero-order chi connectivity index (χ0) is 23.3. The molecule has 0 bridgehead atoms. The molecule has 1 aliphatic carbocycles. The summed E-state index contributed by atoms with van der Waals surface area (Å²) in [5, 5.41) is 6.04. The molecule has 180 valence electrons. The molecule has 5 fully saturated rings. The molecule has 0 aromatic heterocycles. The zero-order valence-corrected chi connectivity index (χ0v) is 19.1. The molecule has 1 saturated carbocycles. The Hall–Kier alpha value is -2.65. The number of nitrogens with zero attached hydrogens (tertiary/aromatic N) is 3. The van der Waals surface area contributed by atoms with Gasteiger partial charge in [0.1, 0.15) is 12.1 Å². The first kappa shape index (κ1) is 22.2. The van der Waals surface area contributed by atoms with Crippen molar-refractivity contribution in [3.8, 4) is 0 Å². The molecule has 4 heterocycles. The molecule has 4 saturated heterocycles. The minimum Gasteiger partial charge on any atom is -0.351 e. The summed E-state index contributed by atoms with van der Waals surface area (Å²) in [5.41, 5.74) is 0. The highest BCUT2D eigenvalue weighted by Gasteiger charge is 2.53. The standard InChI is InChI=1S/C23H33N5O5/c1-13(29)26-8-5-15(6-9-26)22(32)27-10-7-17-19(27)23(33)28-12-16(11-18(28)21(31)25-17)24-20(30)14-3-2-4-14/h14-19H,2-12H2,1H3,(H,24,30)(H,25,31)/t16-,17-,18+,19-/m0/s1. The van der Waals surface area contributed by atoms with Crippen LogP contribution in [0.4, 0.5) is 0 Å². The first-order chi connectivity index (χ1) is 15.8. The maximum atomic E-state index is 13.6. The average molecular weight is 460 g/mol. The normalized spacial score (nSPS) is 32.6. The number of carbonyl (C=O) groups is 5. The highest BCUT2D eigenvalue weighted by molar-refractivity contribution is 5.97. The van der Waals surface area contributed by atoms with Crippen molar-refractivity contribution < 1.29 is 24.0 Å². The summed E-state index contributed by atoms with van der Waals surface area (Å²) in [6.07, 6.45) is 5.02. The van der Waals surface area contributed by atoms with Crippen molar-refractivity contribution in [1.29, 1.82) is 0 Å². The molecule has 4 aliphatic heterocycles. The van der Waals surface area contributed by atoms with Gasteiger partial charge in [-0.05, 0) is 38.5 Å². The number of piperidine rings is 1. The Morgan fingerprint density at radius 3 is 2.33 bits per heavy atom. The van der Waals surface area contributed by atoms with Gasteiger partial charge < -0.3 is 25.3 Å². The van der Waals surface area contributed by atoms with Crippen LogP contribution in [0.25, 0.3) is 0 Å². The van der Waals surface area contributed by atoms with Crippen molar-refractivity contribution >= 4 is 29.5 Å². The molecule has 10 nitrogen and oxygen atoms in total. The number of hydrogen-bond acceptors (Lipinski definition) is 5. The second kappa shape index (κ2) is 8.61. The van der Waals surface area contributed by atoms with Crippen molar-refractivity contribution in [3.05, 3.63) is 0 Å². The third kappa shape index (κ3) is 3.97. The van der Waals surface area contributed by atoms with Gasteiger partial charge >= 0.3 is 0 Å². The van der Waals surface area contributed by atoms with E-state index < -0.39 is 12.1 Å². The number of fused-ring (bicyclic) bond motifs is 2. The van der Waals surface area contributed by atoms with Crippen LogP contribution in [0.1, 0.15) is 51.9 Å². The van der Waals surface area contributed by atoms with E-state index in [4.69, 9.17) is 0 Å². The molecule has 4 atom stereocenters. The Kier molecular flexibility index (Phi) is 5.78. The maximum Gasteiger partial charge on any atom is 0.248 e. The van der Waals surface area contributed by atoms with E-state index in [1.165, 1.54) is 6.92 Å². The van der Waals surface area contributed by atoms with Crippen LogP contribution in [0.3, 0.4) is 0 Å². The van der Waals surface area contributed by atoms with E-state index in [0.29, 0.717) is 51.9 Å². The van der Waals surface area contributed by atoms with E-state index in [-0.39, 0.29) is 53.5 Å². The Balaban J connectivity index is 1.27. The molecule has 0 radical (unpaired) electrons. The van der Waals surface area contributed by atoms with Gasteiger partial charge in [0.2, 0.25) is 29.5 Å². The third-order valence-corrected chi connectivity index (χ3v) is 8.26. The molecule has 0 unspecified atom stereocenters. The van der Waals surface area contributed by atoms with E-state index in [1.807, 2.05) is 0 Å². The summed E-state index contributed by atoms with van der Waals surface area (Å²) in [6, 6.07) is -1.92. The molecule has 2 N–H and O–H groups in total. The van der Waals surface area contributed by atoms with Crippen molar-refractivity contribution in [3.63, 3.8) is 0 Å². The molecular weight excluding hydrogens is 426 g/mol. The first-order valence-corrected chi connectivity index (χ1v) is 12.3. The molecule has 5 rings (SSSR count). The number of amides is 5. The van der Waals surface area contributed by atoms with Crippen LogP contribution in [-0.2, 0) is 24.0 Å². The molecule has 5 amide bonds. The van der Waals surface area contributed by atoms with Gasteiger partial charge in [-0.15, -0.1) is 0 Å². The van der Waals surface area contributed by atoms with Crippen molar-refractivity contribution in [2.75, 3.05) is 26.2 Å². The number of likely N-dealkylation sites (tertiary alicyclic amines) is 2. The molecule has 5 aliphatic rings. The average Bonchev–Trinajstić information content (AvgIpc) is 3.34. The van der Waals surface area contributed by atoms with Crippen LogP contribution in [-0.4, -0.2) is 94.6 Å². The topological polar surface area (TPSA) is 119 Å². The van der Waals surface area contributed by atoms with Gasteiger partial charge in [0.25, 0.3) is 0 Å². The highest BCUT2D eigenvalue weighted by Crippen LogP contribution is 2.32. The number of hydrogen-bond donors (Lipinski definition) is 2. The lowest BCUT2D eigenvalue weighted by molar-refractivity contribution is -0.148. The number of rotatable bonds is 3. The summed E-state index contributed by atoms with van der Waals surface area (Å²) < 4.78 is 0. The largest absolute Gasteiger partial charge is 0.351 e. The first-order valence-electron chi connectivity index (χ1n) is 12.3. The van der Waals surface area contributed by atoms with E-state index in [0.717, 1.165) is 19.3 Å². The third-order valence-electron chi connectivity index (χ3n) is 8.26. The lowest BCUT2D eigenvalue weighted by Gasteiger charge is -2.35. The van der Waals surface area contributed by atoms with Crippen LogP contribution in [0.15, 0.2) is 0 Å². The van der Waals surface area contributed by atoms with E-state index in [2.05, 4.69) is 10.6 Å². The smallest absolute Gasteiger partial charge is 0.248 e. The summed E-state index contributed by atoms with van der Waals surface area (Å²) in [5.74, 6) is -0.574. The Morgan fingerprint density at radius 1 is 0.970 bits per heavy atom. The maximum absolute atomic E-state index is 13.6. The van der Waals surface area contributed by atoms with Gasteiger partial charge in [-0.25, -0.2) is 0 Å². The van der Waals surface area contributed by atoms with Crippen LogP contribution < -0.4 is 10.6 Å². The van der Waals surface area contributed by atoms with E-state index in [1.54, 1.807) is 14.7 Å². The number of carbonyl (C=O) groups excluding carboxylic acids is 5. The van der Waals surface area contributed by atoms with E-state index in [9.17, 15) is 24.0 Å². The quantitative estimate of drug-likeness (QED) is 0.575. The van der Waals surface area contributed by atoms with Crippen LogP contribution in [0, 0.1) is 11.8 Å². The van der Waals surface area contributed by atoms with Gasteiger partial charge in [-0.2, -0.15) is 0 Å². The molecule has 0 spiro atoms. The molecule has 0 aromatic rings. The van der Waals surface area contributed by atoms with Crippen molar-refractivity contribution in [2.45, 2.75) is 76.0 Å². The van der Waals surface area contributed by atoms with Crippen molar-refractivity contribution in [1.82, 2.24) is 25.3 Å². The van der Waals surface area contributed by atoms with Crippen LogP contribution >= 0.6 is 0 Å². The minimum absolute atomic E-state index is 0.0165. The molecule has 33 heavy (non-hydrogen) atoms. The van der Waals surface area contributed by atoms with Crippen molar-refractivity contribution in [2.24, 2.45) is 11.8 Å². The molecule has 0 aromatic carbocycles. The molecule has 10 heteroatoms. The fraction of sp³-hybridized carbons (Fsp3) is 0.783. The lowest BCUT2D eigenvalue weighted by atomic mass is 9.84. The monoisotopic (exact) mass is 459 g/mol. The van der Waals surface area contributed by atoms with Crippen LogP contribution in [0.5, 0.6) is 0 Å². The Labute approximate surface area is 193 Å². The van der Waals surface area contributed by atoms with Gasteiger partial charge in [0.15, 0.2) is 0 Å². The summed E-state index contributed by atoms with van der Waals surface area (Å²) in [4.78, 5) is 68.9. The number of nitrogens with one attached hydrogen (secondary N) is 2. The minimum atomic E-state index is -0.696. The second-order valence-corrected chi connectivity index (χ2v) is 10.2. The Morgan fingerprint density at radius 2 is 1.70 bits per heavy atom. The fourth-order valence-corrected chi connectivity index (χ4v) is 6.04. The van der Waals surface area contributed by atoms with Gasteiger partial charge in [0, 0.05) is 51.0 Å². The predicted octanol–water partition coefficient (Wildman–Crippen LogP) is -0.770. The zero-order valence-electron chi connectivity index (χ0n) is 19.1. The van der Waals surface area contributed by atoms with Crippen LogP contribution in [0.2, 0.25) is 0 Å². The summed E-state index contributed by atoms with van der Waals surface area (Å²) in [7, 11) is 0. The lowest BCUT2D eigenvalue weighted by Crippen LogP contribution is -2.54. The second-order valence-electron chi connectivity index (χ2n) is 10.2. The Bertz CT molecular complexity index is 865. The predicted molar refractivity (Wildman–Crippen MR) is 116 cm³/mol. The van der Waals surface area contributed by atoms with Gasteiger partial charge in [-0.3, -0.25) is 24.0 Å². The molecular formula is C23H33N5O5. The summed E-state index contributed by atoms with van der Waals surface area (Å²) in [6.45, 7) is 3.38.